The van der Waals surface area contributed by atoms with Gasteiger partial charge in [-0.15, -0.1) is 0 Å². The lowest BCUT2D eigenvalue weighted by atomic mass is 9.92. The number of nitrogens with zero attached hydrogens (tertiary/aromatic N) is 1. The first kappa shape index (κ1) is 19.4. The number of benzene rings is 1. The number of halogens is 3. The van der Waals surface area contributed by atoms with Crippen LogP contribution in [0.1, 0.15) is 36.7 Å². The minimum atomic E-state index is -5.17. The molecular formula is C17H15F3N2O4. The van der Waals surface area contributed by atoms with Crippen molar-refractivity contribution in [1.29, 1.82) is 0 Å². The largest absolute Gasteiger partial charge is 0.471 e. The summed E-state index contributed by atoms with van der Waals surface area (Å²) >= 11 is 0. The summed E-state index contributed by atoms with van der Waals surface area (Å²) in [5, 5.41) is 1.52. The number of ether oxygens (including phenoxy) is 1. The average Bonchev–Trinajstić information content (AvgIpc) is 2.49. The number of allylic oxidation sites excluding steroid dienone is 2. The Kier molecular flexibility index (Phi) is 5.02. The molecule has 26 heavy (non-hydrogen) atoms. The number of carbonyl (C=O) groups is 3. The highest BCUT2D eigenvalue weighted by Gasteiger charge is 2.40. The van der Waals surface area contributed by atoms with Crippen LogP contribution >= 0.6 is 0 Å². The number of Topliss-reactive ketones (excluding diaryl/α,β-unsaturated/α-hetero) is 1. The normalized spacial score (nSPS) is 16.0. The Morgan fingerprint density at radius 2 is 1.65 bits per heavy atom. The van der Waals surface area contributed by atoms with Crippen LogP contribution in [-0.2, 0) is 9.53 Å². The third-order valence-electron chi connectivity index (χ3n) is 3.08. The Morgan fingerprint density at radius 3 is 2.19 bits per heavy atom. The van der Waals surface area contributed by atoms with E-state index in [0.29, 0.717) is 0 Å². The lowest BCUT2D eigenvalue weighted by Gasteiger charge is -2.20. The quantitative estimate of drug-likeness (QED) is 0.825. The van der Waals surface area contributed by atoms with Crippen molar-refractivity contribution in [2.24, 2.45) is 4.99 Å². The molecule has 0 saturated heterocycles. The minimum Gasteiger partial charge on any atom is -0.442 e. The average molecular weight is 368 g/mol. The number of nitrogens with one attached hydrogen (secondary N) is 1. The van der Waals surface area contributed by atoms with Gasteiger partial charge in [0, 0.05) is 11.1 Å². The second-order valence-corrected chi connectivity index (χ2v) is 6.36. The Morgan fingerprint density at radius 1 is 1.08 bits per heavy atom. The van der Waals surface area contributed by atoms with Crippen molar-refractivity contribution >= 4 is 23.5 Å². The molecular weight excluding hydrogens is 353 g/mol. The molecule has 9 heteroatoms. The van der Waals surface area contributed by atoms with Crippen molar-refractivity contribution in [3.8, 4) is 0 Å². The zero-order chi connectivity index (χ0) is 19.7. The van der Waals surface area contributed by atoms with Gasteiger partial charge in [-0.05, 0) is 26.8 Å². The van der Waals surface area contributed by atoms with Crippen LogP contribution in [0.5, 0.6) is 0 Å². The molecule has 0 unspecified atom stereocenters. The molecule has 0 saturated carbocycles. The Labute approximate surface area is 146 Å². The number of amides is 2. The van der Waals surface area contributed by atoms with Gasteiger partial charge in [0.25, 0.3) is 0 Å². The fourth-order valence-electron chi connectivity index (χ4n) is 2.09. The van der Waals surface area contributed by atoms with Crippen LogP contribution in [0.3, 0.4) is 0 Å². The van der Waals surface area contributed by atoms with E-state index in [1.807, 2.05) is 0 Å². The molecule has 0 atom stereocenters. The second-order valence-electron chi connectivity index (χ2n) is 6.36. The molecule has 0 radical (unpaired) electrons. The van der Waals surface area contributed by atoms with Crippen LogP contribution in [0.25, 0.3) is 0 Å². The summed E-state index contributed by atoms with van der Waals surface area (Å²) in [5.74, 6) is -3.12. The molecule has 1 aliphatic carbocycles. The van der Waals surface area contributed by atoms with Crippen LogP contribution in [0.2, 0.25) is 0 Å². The topological polar surface area (TPSA) is 84.8 Å². The zero-order valence-corrected chi connectivity index (χ0v) is 14.1. The van der Waals surface area contributed by atoms with Gasteiger partial charge in [-0.2, -0.15) is 18.2 Å². The zero-order valence-electron chi connectivity index (χ0n) is 14.1. The van der Waals surface area contributed by atoms with E-state index in [1.54, 1.807) is 26.8 Å². The summed E-state index contributed by atoms with van der Waals surface area (Å²) in [4.78, 5) is 39.1. The number of carbonyl (C=O) groups excluding carboxylic acids is 3. The smallest absolute Gasteiger partial charge is 0.442 e. The molecule has 0 bridgehead atoms. The summed E-state index contributed by atoms with van der Waals surface area (Å²) in [6, 6.07) is 5.91. The molecule has 138 valence electrons. The van der Waals surface area contributed by atoms with Gasteiger partial charge >= 0.3 is 18.2 Å². The maximum atomic E-state index is 12.5. The van der Waals surface area contributed by atoms with E-state index in [2.05, 4.69) is 4.99 Å². The van der Waals surface area contributed by atoms with Crippen LogP contribution in [0, 0.1) is 0 Å². The first-order chi connectivity index (χ1) is 11.9. The molecule has 2 amide bonds. The number of hydrogen-bond donors (Lipinski definition) is 1. The van der Waals surface area contributed by atoms with E-state index in [-0.39, 0.29) is 16.8 Å². The molecule has 6 nitrogen and oxygen atoms in total. The number of rotatable bonds is 1. The molecule has 0 spiro atoms. The summed E-state index contributed by atoms with van der Waals surface area (Å²) in [6.07, 6.45) is -5.23. The first-order valence-electron chi connectivity index (χ1n) is 7.44. The lowest BCUT2D eigenvalue weighted by Crippen LogP contribution is -2.39. The predicted octanol–water partition coefficient (Wildman–Crippen LogP) is 3.17. The molecule has 1 aromatic carbocycles. The Hall–Kier alpha value is -2.97. The van der Waals surface area contributed by atoms with Crippen LogP contribution in [-0.4, -0.2) is 35.3 Å². The highest BCUT2D eigenvalue weighted by atomic mass is 19.4. The Bertz CT molecular complexity index is 833. The molecule has 0 heterocycles. The summed E-state index contributed by atoms with van der Waals surface area (Å²) < 4.78 is 42.4. The number of alkyl halides is 3. The molecule has 0 aromatic heterocycles. The highest BCUT2D eigenvalue weighted by Crippen LogP contribution is 2.23. The minimum absolute atomic E-state index is 0.00906. The summed E-state index contributed by atoms with van der Waals surface area (Å²) in [7, 11) is 0. The van der Waals surface area contributed by atoms with E-state index < -0.39 is 35.3 Å². The second kappa shape index (κ2) is 6.74. The SMILES string of the molecule is CC(C)(C)OC(=O)N=C1C=C(NC(=O)C(F)(F)F)C(=O)c2ccccc21. The van der Waals surface area contributed by atoms with Gasteiger partial charge in [0.1, 0.15) is 5.60 Å². The van der Waals surface area contributed by atoms with Gasteiger partial charge in [0.05, 0.1) is 11.4 Å². The van der Waals surface area contributed by atoms with Gasteiger partial charge < -0.3 is 10.1 Å². The predicted molar refractivity (Wildman–Crippen MR) is 85.8 cm³/mol. The van der Waals surface area contributed by atoms with Crippen LogP contribution in [0.4, 0.5) is 18.0 Å². The number of ketones is 1. The highest BCUT2D eigenvalue weighted by molar-refractivity contribution is 6.27. The van der Waals surface area contributed by atoms with Gasteiger partial charge in [-0.1, -0.05) is 24.3 Å². The van der Waals surface area contributed by atoms with E-state index in [1.165, 1.54) is 23.5 Å². The standard InChI is InChI=1S/C17H15F3N2O4/c1-16(2,3)26-15(25)22-11-8-12(21-14(24)17(18,19)20)13(23)10-7-5-4-6-9(10)11/h4-8H,1-3H3,(H,21,24). The van der Waals surface area contributed by atoms with Crippen molar-refractivity contribution in [1.82, 2.24) is 5.32 Å². The maximum absolute atomic E-state index is 12.5. The summed E-state index contributed by atoms with van der Waals surface area (Å²) in [6.45, 7) is 4.86. The van der Waals surface area contributed by atoms with Crippen molar-refractivity contribution in [2.75, 3.05) is 0 Å². The van der Waals surface area contributed by atoms with Crippen molar-refractivity contribution in [3.63, 3.8) is 0 Å². The van der Waals surface area contributed by atoms with Gasteiger partial charge in [-0.25, -0.2) is 4.79 Å². The number of fused-ring (bicyclic) bond motifs is 1. The van der Waals surface area contributed by atoms with Gasteiger partial charge in [0.2, 0.25) is 5.78 Å². The fourth-order valence-corrected chi connectivity index (χ4v) is 2.09. The molecule has 0 fully saturated rings. The maximum Gasteiger partial charge on any atom is 0.471 e. The molecule has 0 aliphatic heterocycles. The third-order valence-corrected chi connectivity index (χ3v) is 3.08. The van der Waals surface area contributed by atoms with Gasteiger partial charge in [0.15, 0.2) is 0 Å². The lowest BCUT2D eigenvalue weighted by molar-refractivity contribution is -0.172. The third kappa shape index (κ3) is 4.56. The molecule has 1 aromatic rings. The van der Waals surface area contributed by atoms with Crippen LogP contribution < -0.4 is 5.32 Å². The van der Waals surface area contributed by atoms with Crippen molar-refractivity contribution in [2.45, 2.75) is 32.5 Å². The molecule has 1 aliphatic rings. The van der Waals surface area contributed by atoms with Crippen LogP contribution in [0.15, 0.2) is 41.0 Å². The van der Waals surface area contributed by atoms with Gasteiger partial charge in [-0.3, -0.25) is 9.59 Å². The van der Waals surface area contributed by atoms with E-state index in [4.69, 9.17) is 4.74 Å². The Balaban J connectivity index is 2.45. The first-order valence-corrected chi connectivity index (χ1v) is 7.44. The van der Waals surface area contributed by atoms with Crippen molar-refractivity contribution in [3.05, 3.63) is 47.2 Å². The van der Waals surface area contributed by atoms with E-state index in [0.717, 1.165) is 6.08 Å². The summed E-state index contributed by atoms with van der Waals surface area (Å²) in [5.41, 5.74) is -1.30. The number of hydrogen-bond acceptors (Lipinski definition) is 4. The van der Waals surface area contributed by atoms with E-state index >= 15 is 0 Å². The molecule has 1 N–H and O–H groups in total. The number of aliphatic imine (C=N–C) groups is 1. The monoisotopic (exact) mass is 368 g/mol. The van der Waals surface area contributed by atoms with Crippen molar-refractivity contribution < 1.29 is 32.3 Å². The fraction of sp³-hybridized carbons (Fsp3) is 0.294. The van der Waals surface area contributed by atoms with E-state index in [9.17, 15) is 27.6 Å². The molecule has 2 rings (SSSR count).